The maximum Gasteiger partial charge on any atom is 0.0670 e. The maximum atomic E-state index is 10.1. The van der Waals surface area contributed by atoms with Gasteiger partial charge in [0.05, 0.1) is 12.7 Å². The van der Waals surface area contributed by atoms with Gasteiger partial charge in [0.2, 0.25) is 0 Å². The van der Waals surface area contributed by atoms with Crippen LogP contribution >= 0.6 is 0 Å². The molecule has 1 N–H and O–H groups in total. The van der Waals surface area contributed by atoms with Gasteiger partial charge in [-0.15, -0.1) is 6.58 Å². The van der Waals surface area contributed by atoms with Crippen LogP contribution in [0.4, 0.5) is 0 Å². The molecule has 0 spiro atoms. The zero-order valence-corrected chi connectivity index (χ0v) is 13.6. The van der Waals surface area contributed by atoms with E-state index in [2.05, 4.69) is 43.5 Å². The lowest BCUT2D eigenvalue weighted by Crippen LogP contribution is -2.34. The van der Waals surface area contributed by atoms with E-state index in [9.17, 15) is 5.11 Å². The highest BCUT2D eigenvalue weighted by molar-refractivity contribution is 5.30. The van der Waals surface area contributed by atoms with Crippen molar-refractivity contribution in [1.82, 2.24) is 4.90 Å². The predicted molar refractivity (Wildman–Crippen MR) is 88.5 cm³/mol. The minimum Gasteiger partial charge on any atom is -0.392 e. The monoisotopic (exact) mass is 291 g/mol. The van der Waals surface area contributed by atoms with Crippen molar-refractivity contribution in [1.29, 1.82) is 0 Å². The van der Waals surface area contributed by atoms with Crippen LogP contribution in [0.5, 0.6) is 0 Å². The first-order chi connectivity index (χ1) is 10.1. The second kappa shape index (κ2) is 9.72. The number of hydrogen-bond donors (Lipinski definition) is 1. The standard InChI is InChI=1S/C18H29NO2/c1-5-6-7-18(20)14-19(10-11-21-4)13-17-12-15(2)8-9-16(17)3/h5,8-9,12,18,20H,1,6-7,10-11,13-14H2,2-4H3. The van der Waals surface area contributed by atoms with Crippen molar-refractivity contribution >= 4 is 0 Å². The van der Waals surface area contributed by atoms with Crippen molar-refractivity contribution < 1.29 is 9.84 Å². The van der Waals surface area contributed by atoms with Gasteiger partial charge < -0.3 is 9.84 Å². The number of ether oxygens (including phenoxy) is 1. The average molecular weight is 291 g/mol. The summed E-state index contributed by atoms with van der Waals surface area (Å²) in [5.74, 6) is 0. The number of hydrogen-bond acceptors (Lipinski definition) is 3. The number of aliphatic hydroxyl groups excluding tert-OH is 1. The number of allylic oxidation sites excluding steroid dienone is 1. The second-order valence-corrected chi connectivity index (χ2v) is 5.68. The molecule has 118 valence electrons. The zero-order valence-electron chi connectivity index (χ0n) is 13.6. The van der Waals surface area contributed by atoms with Crippen LogP contribution in [0, 0.1) is 13.8 Å². The third kappa shape index (κ3) is 6.89. The van der Waals surface area contributed by atoms with Gasteiger partial charge in [0.15, 0.2) is 0 Å². The van der Waals surface area contributed by atoms with Crippen LogP contribution in [-0.2, 0) is 11.3 Å². The summed E-state index contributed by atoms with van der Waals surface area (Å²) in [4.78, 5) is 2.26. The topological polar surface area (TPSA) is 32.7 Å². The molecule has 3 heteroatoms. The molecule has 0 amide bonds. The van der Waals surface area contributed by atoms with E-state index in [4.69, 9.17) is 4.74 Å². The molecule has 1 aromatic carbocycles. The molecule has 0 aliphatic carbocycles. The van der Waals surface area contributed by atoms with E-state index in [-0.39, 0.29) is 6.10 Å². The summed E-state index contributed by atoms with van der Waals surface area (Å²) in [5, 5.41) is 10.1. The van der Waals surface area contributed by atoms with Crippen molar-refractivity contribution in [3.8, 4) is 0 Å². The van der Waals surface area contributed by atoms with Crippen molar-refractivity contribution in [3.63, 3.8) is 0 Å². The molecule has 0 saturated heterocycles. The summed E-state index contributed by atoms with van der Waals surface area (Å²) in [7, 11) is 1.71. The van der Waals surface area contributed by atoms with Gasteiger partial charge in [-0.2, -0.15) is 0 Å². The number of aryl methyl sites for hydroxylation is 2. The van der Waals surface area contributed by atoms with Crippen LogP contribution in [-0.4, -0.2) is 42.9 Å². The van der Waals surface area contributed by atoms with Gasteiger partial charge in [0.25, 0.3) is 0 Å². The van der Waals surface area contributed by atoms with E-state index in [0.29, 0.717) is 13.2 Å². The quantitative estimate of drug-likeness (QED) is 0.672. The Morgan fingerprint density at radius 2 is 2.14 bits per heavy atom. The molecular formula is C18H29NO2. The molecule has 21 heavy (non-hydrogen) atoms. The number of methoxy groups -OCH3 is 1. The van der Waals surface area contributed by atoms with Gasteiger partial charge >= 0.3 is 0 Å². The summed E-state index contributed by atoms with van der Waals surface area (Å²) >= 11 is 0. The number of benzene rings is 1. The Morgan fingerprint density at radius 1 is 1.38 bits per heavy atom. The van der Waals surface area contributed by atoms with E-state index in [1.54, 1.807) is 7.11 Å². The number of nitrogens with zero attached hydrogens (tertiary/aromatic N) is 1. The molecule has 1 rings (SSSR count). The zero-order chi connectivity index (χ0) is 15.7. The first kappa shape index (κ1) is 17.9. The third-order valence-corrected chi connectivity index (χ3v) is 3.68. The Kier molecular flexibility index (Phi) is 8.28. The highest BCUT2D eigenvalue weighted by Crippen LogP contribution is 2.14. The lowest BCUT2D eigenvalue weighted by Gasteiger charge is -2.25. The van der Waals surface area contributed by atoms with Crippen molar-refractivity contribution in [2.24, 2.45) is 0 Å². The normalized spacial score (nSPS) is 12.6. The minimum atomic E-state index is -0.315. The van der Waals surface area contributed by atoms with Crippen molar-refractivity contribution in [2.45, 2.75) is 39.3 Å². The van der Waals surface area contributed by atoms with Gasteiger partial charge in [-0.3, -0.25) is 4.90 Å². The summed E-state index contributed by atoms with van der Waals surface area (Å²) in [6.07, 6.45) is 3.15. The molecule has 0 aromatic heterocycles. The fraction of sp³-hybridized carbons (Fsp3) is 0.556. The highest BCUT2D eigenvalue weighted by Gasteiger charge is 2.13. The summed E-state index contributed by atoms with van der Waals surface area (Å²) in [6.45, 7) is 11.0. The molecule has 0 bridgehead atoms. The van der Waals surface area contributed by atoms with Gasteiger partial charge in [-0.1, -0.05) is 29.8 Å². The Labute approximate surface area is 129 Å². The average Bonchev–Trinajstić information content (AvgIpc) is 2.46. The van der Waals surface area contributed by atoms with Crippen molar-refractivity contribution in [2.75, 3.05) is 26.8 Å². The first-order valence-corrected chi connectivity index (χ1v) is 7.63. The molecule has 0 radical (unpaired) electrons. The molecule has 0 fully saturated rings. The molecule has 0 aliphatic heterocycles. The Morgan fingerprint density at radius 3 is 2.81 bits per heavy atom. The van der Waals surface area contributed by atoms with E-state index in [1.807, 2.05) is 6.08 Å². The second-order valence-electron chi connectivity index (χ2n) is 5.68. The van der Waals surface area contributed by atoms with E-state index >= 15 is 0 Å². The predicted octanol–water partition coefficient (Wildman–Crippen LogP) is 3.08. The maximum absolute atomic E-state index is 10.1. The Balaban J connectivity index is 2.67. The molecular weight excluding hydrogens is 262 g/mol. The fourth-order valence-electron chi connectivity index (χ4n) is 2.37. The minimum absolute atomic E-state index is 0.315. The molecule has 0 heterocycles. The summed E-state index contributed by atoms with van der Waals surface area (Å²) in [6, 6.07) is 6.52. The van der Waals surface area contributed by atoms with Gasteiger partial charge in [-0.05, 0) is 37.8 Å². The lowest BCUT2D eigenvalue weighted by molar-refractivity contribution is 0.0808. The fourth-order valence-corrected chi connectivity index (χ4v) is 2.37. The van der Waals surface area contributed by atoms with Crippen LogP contribution in [0.3, 0.4) is 0 Å². The molecule has 3 nitrogen and oxygen atoms in total. The van der Waals surface area contributed by atoms with E-state index < -0.39 is 0 Å². The van der Waals surface area contributed by atoms with Gasteiger partial charge in [0, 0.05) is 26.7 Å². The third-order valence-electron chi connectivity index (χ3n) is 3.68. The van der Waals surface area contributed by atoms with Crippen LogP contribution in [0.25, 0.3) is 0 Å². The molecule has 0 aliphatic rings. The van der Waals surface area contributed by atoms with E-state index in [0.717, 1.165) is 25.9 Å². The lowest BCUT2D eigenvalue weighted by atomic mass is 10.0. The number of aliphatic hydroxyl groups is 1. The van der Waals surface area contributed by atoms with Crippen LogP contribution in [0.1, 0.15) is 29.5 Å². The Hall–Kier alpha value is -1.16. The Bertz CT molecular complexity index is 431. The molecule has 1 aromatic rings. The highest BCUT2D eigenvalue weighted by atomic mass is 16.5. The molecule has 0 saturated carbocycles. The van der Waals surface area contributed by atoms with Crippen LogP contribution < -0.4 is 0 Å². The SMILES string of the molecule is C=CCCC(O)CN(CCOC)Cc1cc(C)ccc1C. The van der Waals surface area contributed by atoms with E-state index in [1.165, 1.54) is 16.7 Å². The van der Waals surface area contributed by atoms with Gasteiger partial charge in [0.1, 0.15) is 0 Å². The summed E-state index contributed by atoms with van der Waals surface area (Å²) < 4.78 is 5.19. The van der Waals surface area contributed by atoms with Crippen molar-refractivity contribution in [3.05, 3.63) is 47.5 Å². The molecule has 1 atom stereocenters. The smallest absolute Gasteiger partial charge is 0.0670 e. The van der Waals surface area contributed by atoms with Gasteiger partial charge in [-0.25, -0.2) is 0 Å². The van der Waals surface area contributed by atoms with Crippen LogP contribution in [0.15, 0.2) is 30.9 Å². The molecule has 1 unspecified atom stereocenters. The first-order valence-electron chi connectivity index (χ1n) is 7.63. The number of rotatable bonds is 10. The summed E-state index contributed by atoms with van der Waals surface area (Å²) in [5.41, 5.74) is 3.89. The largest absolute Gasteiger partial charge is 0.392 e. The van der Waals surface area contributed by atoms with Crippen LogP contribution in [0.2, 0.25) is 0 Å².